The van der Waals surface area contributed by atoms with Crippen molar-refractivity contribution in [1.82, 2.24) is 19.2 Å². The van der Waals surface area contributed by atoms with Gasteiger partial charge in [-0.15, -0.1) is 0 Å². The van der Waals surface area contributed by atoms with Crippen LogP contribution in [0.15, 0.2) is 47.6 Å². The van der Waals surface area contributed by atoms with Gasteiger partial charge in [0, 0.05) is 51.7 Å². The summed E-state index contributed by atoms with van der Waals surface area (Å²) in [6.45, 7) is 5.02. The van der Waals surface area contributed by atoms with Gasteiger partial charge in [-0.25, -0.2) is 12.4 Å². The molecule has 0 saturated carbocycles. The lowest BCUT2D eigenvalue weighted by atomic mass is 10.0. The number of rotatable bonds is 3. The Bertz CT molecular complexity index is 1170. The monoisotopic (exact) mass is 411 g/mol. The summed E-state index contributed by atoms with van der Waals surface area (Å²) in [7, 11) is -1.71. The van der Waals surface area contributed by atoms with Gasteiger partial charge < -0.3 is 15.1 Å². The topological polar surface area (TPSA) is 70.5 Å². The van der Waals surface area contributed by atoms with Crippen LogP contribution in [0.5, 0.6) is 0 Å². The first-order chi connectivity index (χ1) is 14.1. The van der Waals surface area contributed by atoms with Crippen LogP contribution in [-0.4, -0.2) is 62.0 Å². The molecular formula is C21H25N5O2S. The molecule has 5 rings (SSSR count). The van der Waals surface area contributed by atoms with Crippen molar-refractivity contribution in [3.63, 3.8) is 0 Å². The van der Waals surface area contributed by atoms with E-state index in [1.54, 1.807) is 24.5 Å². The van der Waals surface area contributed by atoms with Crippen LogP contribution < -0.4 is 10.2 Å². The van der Waals surface area contributed by atoms with Crippen molar-refractivity contribution in [3.05, 3.63) is 53.9 Å². The lowest BCUT2D eigenvalue weighted by molar-refractivity contribution is 0.309. The first-order valence-corrected chi connectivity index (χ1v) is 11.5. The third-order valence-electron chi connectivity index (χ3n) is 5.92. The molecule has 0 aliphatic carbocycles. The first kappa shape index (κ1) is 18.6. The number of piperazine rings is 1. The summed E-state index contributed by atoms with van der Waals surface area (Å²) < 4.78 is 29.0. The maximum absolute atomic E-state index is 13.8. The zero-order chi connectivity index (χ0) is 20.0. The van der Waals surface area contributed by atoms with E-state index < -0.39 is 10.0 Å². The highest BCUT2D eigenvalue weighted by atomic mass is 32.2. The van der Waals surface area contributed by atoms with Gasteiger partial charge in [0.05, 0.1) is 16.1 Å². The molecule has 1 fully saturated rings. The molecule has 0 bridgehead atoms. The zero-order valence-corrected chi connectivity index (χ0v) is 17.3. The Morgan fingerprint density at radius 3 is 2.72 bits per heavy atom. The molecule has 2 aromatic heterocycles. The molecule has 0 amide bonds. The third-order valence-corrected chi connectivity index (χ3v) is 7.68. The normalized spacial score (nSPS) is 18.2. The summed E-state index contributed by atoms with van der Waals surface area (Å²) in [6, 6.07) is 9.28. The molecule has 3 aromatic rings. The fourth-order valence-electron chi connectivity index (χ4n) is 4.38. The number of nitrogens with zero attached hydrogens (tertiary/aromatic N) is 4. The van der Waals surface area contributed by atoms with Crippen LogP contribution in [0.3, 0.4) is 0 Å². The van der Waals surface area contributed by atoms with Gasteiger partial charge in [0.2, 0.25) is 0 Å². The van der Waals surface area contributed by atoms with Crippen molar-refractivity contribution in [3.8, 4) is 0 Å². The minimum atomic E-state index is -3.74. The molecule has 7 nitrogen and oxygen atoms in total. The number of pyridine rings is 1. The number of benzene rings is 1. The first-order valence-electron chi connectivity index (χ1n) is 10.0. The van der Waals surface area contributed by atoms with Gasteiger partial charge in [0.15, 0.2) is 0 Å². The molecule has 0 unspecified atom stereocenters. The van der Waals surface area contributed by atoms with E-state index in [1.807, 2.05) is 25.2 Å². The van der Waals surface area contributed by atoms with E-state index in [4.69, 9.17) is 0 Å². The van der Waals surface area contributed by atoms with E-state index in [0.29, 0.717) is 17.0 Å². The summed E-state index contributed by atoms with van der Waals surface area (Å²) in [5.74, 6) is 0. The van der Waals surface area contributed by atoms with Crippen LogP contribution >= 0.6 is 0 Å². The molecule has 8 heteroatoms. The zero-order valence-electron chi connectivity index (χ0n) is 16.5. The van der Waals surface area contributed by atoms with Crippen LogP contribution in [0.1, 0.15) is 11.1 Å². The van der Waals surface area contributed by atoms with Gasteiger partial charge in [-0.1, -0.05) is 12.1 Å². The number of anilines is 1. The Kier molecular flexibility index (Phi) is 4.57. The lowest BCUT2D eigenvalue weighted by Crippen LogP contribution is -2.43. The molecule has 1 aromatic carbocycles. The van der Waals surface area contributed by atoms with Crippen LogP contribution in [0.2, 0.25) is 0 Å². The maximum Gasteiger partial charge on any atom is 0.268 e. The van der Waals surface area contributed by atoms with Gasteiger partial charge in [-0.3, -0.25) is 4.98 Å². The average molecular weight is 412 g/mol. The second-order valence-corrected chi connectivity index (χ2v) is 9.59. The van der Waals surface area contributed by atoms with Crippen molar-refractivity contribution in [2.75, 3.05) is 44.7 Å². The number of likely N-dealkylation sites (N-methyl/N-ethyl adjacent to an activating group) is 1. The van der Waals surface area contributed by atoms with Crippen LogP contribution in [0.4, 0.5) is 5.69 Å². The Labute approximate surface area is 171 Å². The molecule has 4 heterocycles. The van der Waals surface area contributed by atoms with Gasteiger partial charge in [0.25, 0.3) is 10.0 Å². The predicted molar refractivity (Wildman–Crippen MR) is 114 cm³/mol. The van der Waals surface area contributed by atoms with Crippen molar-refractivity contribution in [1.29, 1.82) is 0 Å². The van der Waals surface area contributed by atoms with Gasteiger partial charge in [-0.05, 0) is 42.8 Å². The Balaban J connectivity index is 1.68. The fourth-order valence-corrected chi connectivity index (χ4v) is 6.00. The summed E-state index contributed by atoms with van der Waals surface area (Å²) in [5, 5.41) is 3.34. The quantitative estimate of drug-likeness (QED) is 0.707. The van der Waals surface area contributed by atoms with Crippen LogP contribution in [0, 0.1) is 0 Å². The van der Waals surface area contributed by atoms with Gasteiger partial charge >= 0.3 is 0 Å². The standard InChI is InChI=1S/C21H25N5O2S/c1-24-11-7-16-4-2-6-20(17(16)14-24)29(27,28)26-15-19(25-12-9-22-10-13-25)21-18(26)5-3-8-23-21/h2-6,8,15,22H,7,9-14H2,1H3. The van der Waals surface area contributed by atoms with E-state index in [2.05, 4.69) is 20.1 Å². The largest absolute Gasteiger partial charge is 0.366 e. The molecule has 0 spiro atoms. The second-order valence-electron chi connectivity index (χ2n) is 7.80. The molecule has 2 aliphatic rings. The van der Waals surface area contributed by atoms with Crippen molar-refractivity contribution >= 4 is 26.7 Å². The number of nitrogens with one attached hydrogen (secondary N) is 1. The number of hydrogen-bond donors (Lipinski definition) is 1. The molecule has 2 aliphatic heterocycles. The minimum Gasteiger partial charge on any atom is -0.366 e. The Morgan fingerprint density at radius 1 is 1.07 bits per heavy atom. The second kappa shape index (κ2) is 7.12. The van der Waals surface area contributed by atoms with Crippen molar-refractivity contribution in [2.24, 2.45) is 0 Å². The molecule has 152 valence electrons. The van der Waals surface area contributed by atoms with Gasteiger partial charge in [-0.2, -0.15) is 0 Å². The molecule has 0 atom stereocenters. The fraction of sp³-hybridized carbons (Fsp3) is 0.381. The minimum absolute atomic E-state index is 0.397. The molecular weight excluding hydrogens is 386 g/mol. The third kappa shape index (κ3) is 3.11. The number of aromatic nitrogens is 2. The average Bonchev–Trinajstić information content (AvgIpc) is 3.14. The van der Waals surface area contributed by atoms with Crippen molar-refractivity contribution in [2.45, 2.75) is 17.9 Å². The highest BCUT2D eigenvalue weighted by Gasteiger charge is 2.29. The van der Waals surface area contributed by atoms with E-state index in [0.717, 1.165) is 61.5 Å². The van der Waals surface area contributed by atoms with Gasteiger partial charge in [0.1, 0.15) is 5.52 Å². The van der Waals surface area contributed by atoms with E-state index in [1.165, 1.54) is 3.97 Å². The van der Waals surface area contributed by atoms with Crippen molar-refractivity contribution < 1.29 is 8.42 Å². The highest BCUT2D eigenvalue weighted by molar-refractivity contribution is 7.90. The predicted octanol–water partition coefficient (Wildman–Crippen LogP) is 1.67. The Hall–Kier alpha value is -2.42. The summed E-state index contributed by atoms with van der Waals surface area (Å²) >= 11 is 0. The van der Waals surface area contributed by atoms with E-state index >= 15 is 0 Å². The SMILES string of the molecule is CN1CCc2cccc(S(=O)(=O)n3cc(N4CCNCC4)c4ncccc43)c2C1. The number of hydrogen-bond acceptors (Lipinski definition) is 6. The van der Waals surface area contributed by atoms with Crippen LogP contribution in [-0.2, 0) is 23.0 Å². The highest BCUT2D eigenvalue weighted by Crippen LogP contribution is 2.33. The smallest absolute Gasteiger partial charge is 0.268 e. The molecule has 1 N–H and O–H groups in total. The summed E-state index contributed by atoms with van der Waals surface area (Å²) in [4.78, 5) is 9.31. The maximum atomic E-state index is 13.8. The lowest BCUT2D eigenvalue weighted by Gasteiger charge is -2.28. The van der Waals surface area contributed by atoms with E-state index in [9.17, 15) is 8.42 Å². The molecule has 29 heavy (non-hydrogen) atoms. The van der Waals surface area contributed by atoms with Crippen LogP contribution in [0.25, 0.3) is 11.0 Å². The summed E-state index contributed by atoms with van der Waals surface area (Å²) in [6.07, 6.45) is 4.35. The number of fused-ring (bicyclic) bond motifs is 2. The Morgan fingerprint density at radius 2 is 1.90 bits per heavy atom. The molecule has 0 radical (unpaired) electrons. The molecule has 1 saturated heterocycles. The summed E-state index contributed by atoms with van der Waals surface area (Å²) in [5.41, 5.74) is 4.28. The van der Waals surface area contributed by atoms with E-state index in [-0.39, 0.29) is 0 Å².